The number of aliphatic hydroxyl groups excluding tert-OH is 3. The molecular weight excluding hydrogens is 353 g/mol. The van der Waals surface area contributed by atoms with Crippen molar-refractivity contribution >= 4 is 0 Å². The minimum absolute atomic E-state index is 0.0144. The molecule has 2 aliphatic rings. The molecule has 0 bridgehead atoms. The van der Waals surface area contributed by atoms with Crippen LogP contribution in [0.4, 0.5) is 13.2 Å². The van der Waals surface area contributed by atoms with Gasteiger partial charge in [0.2, 0.25) is 0 Å². The van der Waals surface area contributed by atoms with Crippen LogP contribution in [0.1, 0.15) is 18.4 Å². The molecule has 1 aliphatic heterocycles. The number of ether oxygens (including phenoxy) is 2. The number of benzene rings is 1. The maximum Gasteiger partial charge on any atom is 0.416 e. The Kier molecular flexibility index (Phi) is 5.57. The highest BCUT2D eigenvalue weighted by Gasteiger charge is 2.47. The third kappa shape index (κ3) is 4.37. The summed E-state index contributed by atoms with van der Waals surface area (Å²) in [6, 6.07) is 4.44. The van der Waals surface area contributed by atoms with Crippen LogP contribution >= 0.6 is 0 Å². The molecule has 0 amide bonds. The predicted octanol–water partition coefficient (Wildman–Crippen LogP) is 2.11. The summed E-state index contributed by atoms with van der Waals surface area (Å²) in [5, 5.41) is 29.6. The Morgan fingerprint density at radius 3 is 2.77 bits per heavy atom. The fraction of sp³-hybridized carbons (Fsp3) is 0.556. The van der Waals surface area contributed by atoms with Gasteiger partial charge in [-0.1, -0.05) is 18.2 Å². The van der Waals surface area contributed by atoms with Crippen molar-refractivity contribution in [3.8, 4) is 5.75 Å². The van der Waals surface area contributed by atoms with Gasteiger partial charge in [0.05, 0.1) is 17.8 Å². The molecule has 1 aromatic rings. The maximum absolute atomic E-state index is 12.7. The van der Waals surface area contributed by atoms with Crippen LogP contribution in [0.5, 0.6) is 5.75 Å². The molecule has 3 rings (SSSR count). The van der Waals surface area contributed by atoms with Crippen LogP contribution in [-0.2, 0) is 10.9 Å². The van der Waals surface area contributed by atoms with E-state index in [-0.39, 0.29) is 30.3 Å². The number of halogens is 3. The van der Waals surface area contributed by atoms with Crippen molar-refractivity contribution in [1.82, 2.24) is 0 Å². The van der Waals surface area contributed by atoms with Gasteiger partial charge in [0, 0.05) is 18.8 Å². The van der Waals surface area contributed by atoms with Crippen molar-refractivity contribution < 1.29 is 38.0 Å². The first-order chi connectivity index (χ1) is 12.2. The third-order valence-electron chi connectivity index (χ3n) is 4.83. The highest BCUT2D eigenvalue weighted by atomic mass is 19.4. The lowest BCUT2D eigenvalue weighted by Crippen LogP contribution is -2.20. The summed E-state index contributed by atoms with van der Waals surface area (Å²) in [6.45, 7) is -0.214. The number of hydrogen-bond acceptors (Lipinski definition) is 5. The molecular formula is C18H21F3O5. The Morgan fingerprint density at radius 2 is 2.04 bits per heavy atom. The normalized spacial score (nSPS) is 32.8. The average molecular weight is 374 g/mol. The molecule has 1 saturated carbocycles. The lowest BCUT2D eigenvalue weighted by atomic mass is 9.91. The van der Waals surface area contributed by atoms with Gasteiger partial charge in [-0.15, -0.1) is 0 Å². The first kappa shape index (κ1) is 19.2. The van der Waals surface area contributed by atoms with Gasteiger partial charge in [-0.3, -0.25) is 0 Å². The molecule has 1 saturated heterocycles. The van der Waals surface area contributed by atoms with Gasteiger partial charge < -0.3 is 24.8 Å². The monoisotopic (exact) mass is 374 g/mol. The van der Waals surface area contributed by atoms with Crippen LogP contribution < -0.4 is 4.74 Å². The van der Waals surface area contributed by atoms with Crippen molar-refractivity contribution in [2.45, 2.75) is 43.6 Å². The second-order valence-corrected chi connectivity index (χ2v) is 6.70. The summed E-state index contributed by atoms with van der Waals surface area (Å²) in [6.07, 6.45) is -3.18. The van der Waals surface area contributed by atoms with Gasteiger partial charge in [0.25, 0.3) is 0 Å². The fourth-order valence-corrected chi connectivity index (χ4v) is 3.59. The SMILES string of the molecule is OC1C[C@H]2C(C[C@@H](O)[C@@H]2C=C[C@@H](O)COc2cccc(C(F)(F)F)c2)O1. The number of aliphatic hydroxyl groups is 3. The average Bonchev–Trinajstić information content (AvgIpc) is 3.05. The first-order valence-electron chi connectivity index (χ1n) is 8.42. The molecule has 144 valence electrons. The number of rotatable bonds is 5. The summed E-state index contributed by atoms with van der Waals surface area (Å²) in [5.74, 6) is -0.256. The van der Waals surface area contributed by atoms with E-state index in [4.69, 9.17) is 9.47 Å². The molecule has 6 atom stereocenters. The standard InChI is InChI=1S/C18H21F3O5/c19-18(20,21)10-2-1-3-12(6-10)25-9-11(22)4-5-13-14-7-17(24)26-16(14)8-15(13)23/h1-6,11,13-17,22-24H,7-9H2/t11-,13-,14-,15-,16?,17?/m1/s1. The Morgan fingerprint density at radius 1 is 1.27 bits per heavy atom. The smallest absolute Gasteiger partial charge is 0.416 e. The van der Waals surface area contributed by atoms with Crippen LogP contribution in [0.25, 0.3) is 0 Å². The number of alkyl halides is 3. The summed E-state index contributed by atoms with van der Waals surface area (Å²) in [5.41, 5.74) is -0.819. The van der Waals surface area contributed by atoms with Gasteiger partial charge in [-0.05, 0) is 24.1 Å². The van der Waals surface area contributed by atoms with Crippen LogP contribution in [0.15, 0.2) is 36.4 Å². The quantitative estimate of drug-likeness (QED) is 0.688. The Labute approximate surface area is 148 Å². The van der Waals surface area contributed by atoms with E-state index >= 15 is 0 Å². The zero-order valence-electron chi connectivity index (χ0n) is 13.8. The zero-order chi connectivity index (χ0) is 18.9. The Bertz CT molecular complexity index is 648. The van der Waals surface area contributed by atoms with Gasteiger partial charge >= 0.3 is 6.18 Å². The highest BCUT2D eigenvalue weighted by Crippen LogP contribution is 2.43. The molecule has 3 N–H and O–H groups in total. The molecule has 2 fully saturated rings. The summed E-state index contributed by atoms with van der Waals surface area (Å²) in [7, 11) is 0. The van der Waals surface area contributed by atoms with E-state index in [1.54, 1.807) is 6.08 Å². The largest absolute Gasteiger partial charge is 0.491 e. The van der Waals surface area contributed by atoms with Crippen molar-refractivity contribution in [1.29, 1.82) is 0 Å². The van der Waals surface area contributed by atoms with E-state index in [1.165, 1.54) is 18.2 Å². The molecule has 0 aromatic heterocycles. The van der Waals surface area contributed by atoms with E-state index in [9.17, 15) is 28.5 Å². The molecule has 1 heterocycles. The van der Waals surface area contributed by atoms with Crippen molar-refractivity contribution in [3.63, 3.8) is 0 Å². The topological polar surface area (TPSA) is 79.2 Å². The number of fused-ring (bicyclic) bond motifs is 1. The van der Waals surface area contributed by atoms with E-state index in [2.05, 4.69) is 0 Å². The molecule has 1 aromatic carbocycles. The summed E-state index contributed by atoms with van der Waals surface area (Å²) < 4.78 is 48.5. The van der Waals surface area contributed by atoms with E-state index in [1.807, 2.05) is 0 Å². The molecule has 0 spiro atoms. The summed E-state index contributed by atoms with van der Waals surface area (Å²) >= 11 is 0. The second kappa shape index (κ2) is 7.56. The van der Waals surface area contributed by atoms with Crippen LogP contribution in [-0.4, -0.2) is 46.5 Å². The highest BCUT2D eigenvalue weighted by molar-refractivity contribution is 5.30. The van der Waals surface area contributed by atoms with E-state index in [0.717, 1.165) is 12.1 Å². The van der Waals surface area contributed by atoms with Crippen LogP contribution in [0, 0.1) is 11.8 Å². The first-order valence-corrected chi connectivity index (χ1v) is 8.42. The van der Waals surface area contributed by atoms with Crippen LogP contribution in [0.2, 0.25) is 0 Å². The van der Waals surface area contributed by atoms with Crippen LogP contribution in [0.3, 0.4) is 0 Å². The maximum atomic E-state index is 12.7. The minimum Gasteiger partial charge on any atom is -0.491 e. The summed E-state index contributed by atoms with van der Waals surface area (Å²) in [4.78, 5) is 0. The lowest BCUT2D eigenvalue weighted by molar-refractivity contribution is -0.137. The van der Waals surface area contributed by atoms with E-state index in [0.29, 0.717) is 12.8 Å². The van der Waals surface area contributed by atoms with Gasteiger partial charge in [-0.2, -0.15) is 13.2 Å². The third-order valence-corrected chi connectivity index (χ3v) is 4.83. The molecule has 2 unspecified atom stereocenters. The molecule has 1 aliphatic carbocycles. The van der Waals surface area contributed by atoms with Crippen molar-refractivity contribution in [3.05, 3.63) is 42.0 Å². The van der Waals surface area contributed by atoms with Crippen molar-refractivity contribution in [2.24, 2.45) is 11.8 Å². The second-order valence-electron chi connectivity index (χ2n) is 6.70. The molecule has 26 heavy (non-hydrogen) atoms. The zero-order valence-corrected chi connectivity index (χ0v) is 13.8. The van der Waals surface area contributed by atoms with Gasteiger partial charge in [0.15, 0.2) is 6.29 Å². The lowest BCUT2D eigenvalue weighted by Gasteiger charge is -2.17. The van der Waals surface area contributed by atoms with E-state index < -0.39 is 30.2 Å². The Balaban J connectivity index is 1.54. The number of hydrogen-bond donors (Lipinski definition) is 3. The minimum atomic E-state index is -4.46. The fourth-order valence-electron chi connectivity index (χ4n) is 3.59. The van der Waals surface area contributed by atoms with Gasteiger partial charge in [-0.25, -0.2) is 0 Å². The predicted molar refractivity (Wildman–Crippen MR) is 85.2 cm³/mol. The molecule has 0 radical (unpaired) electrons. The Hall–Kier alpha value is -1.61. The van der Waals surface area contributed by atoms with Crippen molar-refractivity contribution in [2.75, 3.05) is 6.61 Å². The molecule has 5 nitrogen and oxygen atoms in total. The molecule has 8 heteroatoms. The van der Waals surface area contributed by atoms with Gasteiger partial charge in [0.1, 0.15) is 18.5 Å².